The number of aliphatic hydroxyl groups excluding tert-OH is 1. The van der Waals surface area contributed by atoms with Crippen molar-refractivity contribution < 1.29 is 23.7 Å². The molecular weight excluding hydrogens is 251 g/mol. The quantitative estimate of drug-likeness (QED) is 0.889. The Morgan fingerprint density at radius 1 is 1.26 bits per heavy atom. The van der Waals surface area contributed by atoms with Crippen LogP contribution in [-0.2, 0) is 9.47 Å². The summed E-state index contributed by atoms with van der Waals surface area (Å²) >= 11 is 0. The number of ether oxygens (including phenoxy) is 3. The highest BCUT2D eigenvalue weighted by Gasteiger charge is 2.45. The van der Waals surface area contributed by atoms with Gasteiger partial charge in [-0.25, -0.2) is 4.39 Å². The molecule has 1 aromatic carbocycles. The summed E-state index contributed by atoms with van der Waals surface area (Å²) in [6.07, 6.45) is 0.453. The molecule has 0 amide bonds. The van der Waals surface area contributed by atoms with Crippen LogP contribution in [0.3, 0.4) is 0 Å². The molecule has 104 valence electrons. The predicted molar refractivity (Wildman–Crippen MR) is 65.3 cm³/mol. The summed E-state index contributed by atoms with van der Waals surface area (Å²) in [5.74, 6) is -0.931. The van der Waals surface area contributed by atoms with Crippen LogP contribution in [0, 0.1) is 5.82 Å². The van der Waals surface area contributed by atoms with Gasteiger partial charge in [0.25, 0.3) is 0 Å². The van der Waals surface area contributed by atoms with Crippen molar-refractivity contribution in [3.63, 3.8) is 0 Å². The molecular formula is C14H17FO4. The lowest BCUT2D eigenvalue weighted by Gasteiger charge is -2.38. The van der Waals surface area contributed by atoms with E-state index in [0.29, 0.717) is 32.5 Å². The Morgan fingerprint density at radius 3 is 2.74 bits per heavy atom. The second kappa shape index (κ2) is 5.07. The van der Waals surface area contributed by atoms with Crippen molar-refractivity contribution in [2.75, 3.05) is 13.2 Å². The number of hydrogen-bond donors (Lipinski definition) is 1. The third-order valence-corrected chi connectivity index (χ3v) is 3.69. The molecule has 1 spiro atoms. The Bertz CT molecular complexity index is 445. The molecule has 1 saturated heterocycles. The highest BCUT2D eigenvalue weighted by Crippen LogP contribution is 2.37. The van der Waals surface area contributed by atoms with Crippen molar-refractivity contribution in [3.05, 3.63) is 30.1 Å². The molecule has 2 unspecified atom stereocenters. The summed E-state index contributed by atoms with van der Waals surface area (Å²) in [4.78, 5) is 0. The molecule has 2 fully saturated rings. The molecule has 0 bridgehead atoms. The van der Waals surface area contributed by atoms with Crippen LogP contribution in [-0.4, -0.2) is 36.3 Å². The molecule has 1 aromatic rings. The maximum absolute atomic E-state index is 13.6. The van der Waals surface area contributed by atoms with E-state index in [-0.39, 0.29) is 5.75 Å². The van der Waals surface area contributed by atoms with Crippen molar-refractivity contribution in [1.82, 2.24) is 0 Å². The second-order valence-corrected chi connectivity index (χ2v) is 5.00. The number of rotatable bonds is 2. The molecule has 2 aliphatic rings. The van der Waals surface area contributed by atoms with Crippen molar-refractivity contribution in [3.8, 4) is 5.75 Å². The minimum absolute atomic E-state index is 0.154. The van der Waals surface area contributed by atoms with Crippen LogP contribution >= 0.6 is 0 Å². The van der Waals surface area contributed by atoms with Crippen LogP contribution in [0.5, 0.6) is 5.75 Å². The Balaban J connectivity index is 1.73. The fourth-order valence-corrected chi connectivity index (χ4v) is 2.68. The maximum Gasteiger partial charge on any atom is 0.172 e. The van der Waals surface area contributed by atoms with E-state index in [0.717, 1.165) is 0 Å². The van der Waals surface area contributed by atoms with E-state index >= 15 is 0 Å². The first-order chi connectivity index (χ1) is 9.19. The van der Waals surface area contributed by atoms with E-state index in [4.69, 9.17) is 14.2 Å². The first-order valence-electron chi connectivity index (χ1n) is 6.56. The number of hydrogen-bond acceptors (Lipinski definition) is 4. The van der Waals surface area contributed by atoms with Crippen LogP contribution in [0.15, 0.2) is 24.3 Å². The Hall–Kier alpha value is -1.17. The molecule has 2 atom stereocenters. The van der Waals surface area contributed by atoms with Gasteiger partial charge in [-0.2, -0.15) is 0 Å². The molecule has 0 radical (unpaired) electrons. The number of aliphatic hydroxyl groups is 1. The van der Waals surface area contributed by atoms with E-state index in [1.54, 1.807) is 18.2 Å². The Morgan fingerprint density at radius 2 is 2.00 bits per heavy atom. The van der Waals surface area contributed by atoms with Gasteiger partial charge < -0.3 is 19.3 Å². The van der Waals surface area contributed by atoms with Gasteiger partial charge in [0.15, 0.2) is 17.4 Å². The van der Waals surface area contributed by atoms with E-state index in [9.17, 15) is 9.50 Å². The van der Waals surface area contributed by atoms with Gasteiger partial charge in [0.1, 0.15) is 6.10 Å². The third-order valence-electron chi connectivity index (χ3n) is 3.69. The standard InChI is InChI=1S/C14H17FO4/c15-10-3-1-2-4-12(10)19-13-9-14(6-5-11(13)16)17-7-8-18-14/h1-4,11,13,16H,5-9H2. The van der Waals surface area contributed by atoms with Crippen molar-refractivity contribution >= 4 is 0 Å². The van der Waals surface area contributed by atoms with Gasteiger partial charge in [-0.15, -0.1) is 0 Å². The first-order valence-corrected chi connectivity index (χ1v) is 6.56. The highest BCUT2D eigenvalue weighted by atomic mass is 19.1. The van der Waals surface area contributed by atoms with E-state index in [2.05, 4.69) is 0 Å². The fraction of sp³-hybridized carbons (Fsp3) is 0.571. The average molecular weight is 268 g/mol. The number of benzene rings is 1. The molecule has 0 aromatic heterocycles. The lowest BCUT2D eigenvalue weighted by molar-refractivity contribution is -0.209. The van der Waals surface area contributed by atoms with Gasteiger partial charge in [-0.05, 0) is 18.6 Å². The van der Waals surface area contributed by atoms with Crippen molar-refractivity contribution in [1.29, 1.82) is 0 Å². The normalized spacial score (nSPS) is 29.6. The molecule has 1 N–H and O–H groups in total. The van der Waals surface area contributed by atoms with E-state index in [1.165, 1.54) is 6.07 Å². The average Bonchev–Trinajstić information content (AvgIpc) is 2.85. The van der Waals surface area contributed by atoms with Gasteiger partial charge in [0.2, 0.25) is 0 Å². The highest BCUT2D eigenvalue weighted by molar-refractivity contribution is 5.24. The Kier molecular flexibility index (Phi) is 3.43. The molecule has 1 aliphatic heterocycles. The van der Waals surface area contributed by atoms with Crippen LogP contribution in [0.25, 0.3) is 0 Å². The minimum Gasteiger partial charge on any atom is -0.484 e. The molecule has 19 heavy (non-hydrogen) atoms. The van der Waals surface area contributed by atoms with E-state index in [1.807, 2.05) is 0 Å². The van der Waals surface area contributed by atoms with Crippen molar-refractivity contribution in [2.45, 2.75) is 37.3 Å². The van der Waals surface area contributed by atoms with Crippen LogP contribution in [0.2, 0.25) is 0 Å². The predicted octanol–water partition coefficient (Wildman–Crippen LogP) is 1.86. The molecule has 3 rings (SSSR count). The lowest BCUT2D eigenvalue weighted by atomic mass is 9.89. The van der Waals surface area contributed by atoms with Gasteiger partial charge in [-0.3, -0.25) is 0 Å². The maximum atomic E-state index is 13.6. The third kappa shape index (κ3) is 2.59. The lowest BCUT2D eigenvalue weighted by Crippen LogP contribution is -2.47. The zero-order valence-corrected chi connectivity index (χ0v) is 10.5. The monoisotopic (exact) mass is 268 g/mol. The first kappa shape index (κ1) is 12.8. The zero-order valence-electron chi connectivity index (χ0n) is 10.5. The largest absolute Gasteiger partial charge is 0.484 e. The van der Waals surface area contributed by atoms with Crippen LogP contribution < -0.4 is 4.74 Å². The summed E-state index contributed by atoms with van der Waals surface area (Å²) in [5, 5.41) is 10.0. The molecule has 4 nitrogen and oxygen atoms in total. The topological polar surface area (TPSA) is 47.9 Å². The van der Waals surface area contributed by atoms with Gasteiger partial charge in [0.05, 0.1) is 19.3 Å². The molecule has 1 aliphatic carbocycles. The summed E-state index contributed by atoms with van der Waals surface area (Å²) in [6, 6.07) is 6.19. The summed E-state index contributed by atoms with van der Waals surface area (Å²) < 4.78 is 30.4. The van der Waals surface area contributed by atoms with Crippen molar-refractivity contribution in [2.24, 2.45) is 0 Å². The zero-order chi connectivity index (χ0) is 13.3. The SMILES string of the molecule is OC1CCC2(CC1Oc1ccccc1F)OCCO2. The summed E-state index contributed by atoms with van der Waals surface area (Å²) in [6.45, 7) is 1.12. The molecule has 1 heterocycles. The minimum atomic E-state index is -0.658. The second-order valence-electron chi connectivity index (χ2n) is 5.00. The fourth-order valence-electron chi connectivity index (χ4n) is 2.68. The number of para-hydroxylation sites is 1. The molecule has 1 saturated carbocycles. The summed E-state index contributed by atoms with van der Waals surface area (Å²) in [5.41, 5.74) is 0. The van der Waals surface area contributed by atoms with Gasteiger partial charge in [-0.1, -0.05) is 12.1 Å². The van der Waals surface area contributed by atoms with Gasteiger partial charge in [0, 0.05) is 12.8 Å². The van der Waals surface area contributed by atoms with Crippen LogP contribution in [0.4, 0.5) is 4.39 Å². The van der Waals surface area contributed by atoms with E-state index < -0.39 is 23.8 Å². The smallest absolute Gasteiger partial charge is 0.172 e. The summed E-state index contributed by atoms with van der Waals surface area (Å²) in [7, 11) is 0. The molecule has 5 heteroatoms. The number of halogens is 1. The Labute approximate surface area is 111 Å². The van der Waals surface area contributed by atoms with Gasteiger partial charge >= 0.3 is 0 Å². The van der Waals surface area contributed by atoms with Crippen LogP contribution in [0.1, 0.15) is 19.3 Å².